The maximum absolute atomic E-state index is 12.1. The minimum Gasteiger partial charge on any atom is -0.785 e. The van der Waals surface area contributed by atoms with E-state index in [1.165, 1.54) is 21.8 Å². The van der Waals surface area contributed by atoms with Crippen LogP contribution in [-0.4, -0.2) is 35.7 Å². The molecule has 5 nitrogen and oxygen atoms in total. The van der Waals surface area contributed by atoms with E-state index in [2.05, 4.69) is 49.2 Å². The molecule has 2 aliphatic heterocycles. The fourth-order valence-corrected chi connectivity index (χ4v) is 3.51. The molecule has 1 unspecified atom stereocenters. The predicted octanol–water partition coefficient (Wildman–Crippen LogP) is 2.65. The monoisotopic (exact) mass is 301 g/mol. The van der Waals surface area contributed by atoms with Crippen molar-refractivity contribution in [3.8, 4) is 0 Å². The number of hydrogen-bond donors (Lipinski definition) is 1. The Balaban J connectivity index is 2.08. The second-order valence-corrected chi connectivity index (χ2v) is 6.93. The van der Waals surface area contributed by atoms with Gasteiger partial charge in [0, 0.05) is 24.3 Å². The summed E-state index contributed by atoms with van der Waals surface area (Å²) >= 11 is 0. The summed E-state index contributed by atoms with van der Waals surface area (Å²) in [5.41, 5.74) is 7.21. The Morgan fingerprint density at radius 1 is 1.27 bits per heavy atom. The zero-order valence-corrected chi connectivity index (χ0v) is 13.8. The van der Waals surface area contributed by atoms with Gasteiger partial charge in [-0.15, -0.1) is 0 Å². The molecule has 1 N–H and O–H groups in total. The Hall–Kier alpha value is -1.43. The first-order valence-corrected chi connectivity index (χ1v) is 8.10. The van der Waals surface area contributed by atoms with Crippen LogP contribution in [0.25, 0.3) is 5.57 Å². The van der Waals surface area contributed by atoms with Crippen molar-refractivity contribution in [3.05, 3.63) is 34.7 Å². The van der Waals surface area contributed by atoms with Gasteiger partial charge in [0.1, 0.15) is 0 Å². The molecule has 0 amide bonds. The quantitative estimate of drug-likeness (QED) is 0.930. The highest BCUT2D eigenvalue weighted by Crippen LogP contribution is 2.42. The van der Waals surface area contributed by atoms with Crippen molar-refractivity contribution >= 4 is 11.4 Å². The Labute approximate surface area is 132 Å². The van der Waals surface area contributed by atoms with Gasteiger partial charge in [-0.25, -0.2) is 10.4 Å². The Bertz CT molecular complexity index is 582. The maximum atomic E-state index is 12.1. The summed E-state index contributed by atoms with van der Waals surface area (Å²) in [7, 11) is 0. The number of fused-ring (bicyclic) bond motifs is 2. The number of nitrogens with zero attached hydrogens (tertiary/aromatic N) is 3. The summed E-state index contributed by atoms with van der Waals surface area (Å²) in [6.07, 6.45) is 1.84. The average Bonchev–Trinajstić information content (AvgIpc) is 2.45. The van der Waals surface area contributed by atoms with Crippen molar-refractivity contribution in [2.45, 2.75) is 33.7 Å². The third-order valence-electron chi connectivity index (χ3n) is 4.42. The molecular formula is C17H25N4O-. The van der Waals surface area contributed by atoms with E-state index in [0.717, 1.165) is 12.4 Å². The van der Waals surface area contributed by atoms with Crippen LogP contribution in [0.3, 0.4) is 0 Å². The van der Waals surface area contributed by atoms with E-state index < -0.39 is 0 Å². The fraction of sp³-hybridized carbons (Fsp3) is 0.588. The number of anilines is 1. The van der Waals surface area contributed by atoms with Crippen LogP contribution in [0.15, 0.2) is 23.9 Å². The molecule has 0 aromatic carbocycles. The van der Waals surface area contributed by atoms with Gasteiger partial charge in [0.2, 0.25) is 0 Å². The molecule has 0 bridgehead atoms. The molecule has 3 heterocycles. The molecule has 1 aromatic rings. The van der Waals surface area contributed by atoms with Crippen molar-refractivity contribution in [2.75, 3.05) is 24.6 Å². The zero-order valence-electron chi connectivity index (χ0n) is 13.8. The van der Waals surface area contributed by atoms with Crippen LogP contribution >= 0.6 is 0 Å². The molecule has 0 spiro atoms. The van der Waals surface area contributed by atoms with E-state index >= 15 is 0 Å². The number of hydroxylamine groups is 2. The molecule has 0 saturated heterocycles. The topological polar surface area (TPSA) is 54.5 Å². The molecule has 3 rings (SSSR count). The van der Waals surface area contributed by atoms with E-state index in [1.807, 2.05) is 12.3 Å². The first kappa shape index (κ1) is 15.5. The first-order valence-electron chi connectivity index (χ1n) is 8.10. The zero-order chi connectivity index (χ0) is 15.9. The van der Waals surface area contributed by atoms with Crippen molar-refractivity contribution in [1.29, 1.82) is 0 Å². The molecule has 0 aliphatic carbocycles. The number of nitrogens with one attached hydrogen (secondary N) is 1. The minimum atomic E-state index is 0.283. The van der Waals surface area contributed by atoms with Gasteiger partial charge in [-0.1, -0.05) is 13.8 Å². The van der Waals surface area contributed by atoms with Crippen molar-refractivity contribution in [2.24, 2.45) is 11.8 Å². The smallest absolute Gasteiger partial charge is 0.150 e. The largest absolute Gasteiger partial charge is 0.785 e. The third kappa shape index (κ3) is 2.76. The van der Waals surface area contributed by atoms with E-state index in [-0.39, 0.29) is 5.92 Å². The number of hydrazine groups is 1. The SMILES string of the molecule is CC(C)NN1CC2=C(c3cccnc31)C(C(C)C)CN([O-])C2. The van der Waals surface area contributed by atoms with E-state index in [0.29, 0.717) is 25.0 Å². The second-order valence-electron chi connectivity index (χ2n) is 6.93. The lowest BCUT2D eigenvalue weighted by molar-refractivity contribution is 0.298. The van der Waals surface area contributed by atoms with E-state index in [9.17, 15) is 5.21 Å². The highest BCUT2D eigenvalue weighted by atomic mass is 16.5. The van der Waals surface area contributed by atoms with Gasteiger partial charge in [0.05, 0.1) is 6.54 Å². The van der Waals surface area contributed by atoms with Gasteiger partial charge in [0.15, 0.2) is 5.82 Å². The Morgan fingerprint density at radius 3 is 2.73 bits per heavy atom. The van der Waals surface area contributed by atoms with E-state index in [4.69, 9.17) is 0 Å². The molecule has 0 saturated carbocycles. The highest BCUT2D eigenvalue weighted by Gasteiger charge is 2.34. The van der Waals surface area contributed by atoms with Crippen LogP contribution in [0.2, 0.25) is 0 Å². The summed E-state index contributed by atoms with van der Waals surface area (Å²) in [6, 6.07) is 4.45. The molecular weight excluding hydrogens is 276 g/mol. The summed E-state index contributed by atoms with van der Waals surface area (Å²) < 4.78 is 0. The lowest BCUT2D eigenvalue weighted by Crippen LogP contribution is -2.49. The van der Waals surface area contributed by atoms with Gasteiger partial charge in [0.25, 0.3) is 0 Å². The standard InChI is InChI=1S/C17H25N4O/c1-11(2)15-10-20(22)8-13-9-21(19-12(3)4)17-14(16(13)15)6-5-7-18-17/h5-7,11-12,15,19H,8-10H2,1-4H3/q-1. The third-order valence-corrected chi connectivity index (χ3v) is 4.42. The van der Waals surface area contributed by atoms with Crippen molar-refractivity contribution in [1.82, 2.24) is 15.5 Å². The molecule has 0 radical (unpaired) electrons. The second kappa shape index (κ2) is 5.99. The Kier molecular flexibility index (Phi) is 4.21. The molecule has 0 fully saturated rings. The highest BCUT2D eigenvalue weighted by molar-refractivity contribution is 5.82. The molecule has 2 aliphatic rings. The van der Waals surface area contributed by atoms with Gasteiger partial charge < -0.3 is 10.3 Å². The number of hydrogen-bond acceptors (Lipinski definition) is 5. The van der Waals surface area contributed by atoms with Gasteiger partial charge >= 0.3 is 0 Å². The molecule has 22 heavy (non-hydrogen) atoms. The average molecular weight is 301 g/mol. The van der Waals surface area contributed by atoms with Crippen molar-refractivity contribution in [3.63, 3.8) is 0 Å². The maximum Gasteiger partial charge on any atom is 0.150 e. The van der Waals surface area contributed by atoms with Crippen LogP contribution in [-0.2, 0) is 0 Å². The normalized spacial score (nSPS) is 22.3. The summed E-state index contributed by atoms with van der Waals surface area (Å²) in [4.78, 5) is 4.60. The summed E-state index contributed by atoms with van der Waals surface area (Å²) in [5, 5.41) is 15.4. The summed E-state index contributed by atoms with van der Waals surface area (Å²) in [6.45, 7) is 10.5. The van der Waals surface area contributed by atoms with Gasteiger partial charge in [-0.05, 0) is 55.5 Å². The first-order chi connectivity index (χ1) is 10.5. The minimum absolute atomic E-state index is 0.283. The van der Waals surface area contributed by atoms with E-state index in [1.54, 1.807) is 0 Å². The predicted molar refractivity (Wildman–Crippen MR) is 90.0 cm³/mol. The van der Waals surface area contributed by atoms with Gasteiger partial charge in [-0.3, -0.25) is 5.01 Å². The van der Waals surface area contributed by atoms with Crippen molar-refractivity contribution < 1.29 is 0 Å². The molecule has 1 aromatic heterocycles. The number of rotatable bonds is 3. The summed E-state index contributed by atoms with van der Waals surface area (Å²) in [5.74, 6) is 1.71. The van der Waals surface area contributed by atoms with Crippen LogP contribution in [0.1, 0.15) is 33.3 Å². The number of pyridine rings is 1. The van der Waals surface area contributed by atoms with Crippen LogP contribution in [0.5, 0.6) is 0 Å². The van der Waals surface area contributed by atoms with Crippen LogP contribution in [0, 0.1) is 17.0 Å². The fourth-order valence-electron chi connectivity index (χ4n) is 3.51. The molecule has 5 heteroatoms. The number of aromatic nitrogens is 1. The molecule has 120 valence electrons. The van der Waals surface area contributed by atoms with Crippen LogP contribution < -0.4 is 10.4 Å². The van der Waals surface area contributed by atoms with Gasteiger partial charge in [-0.2, -0.15) is 0 Å². The molecule has 1 atom stereocenters. The van der Waals surface area contributed by atoms with Crippen LogP contribution in [0.4, 0.5) is 5.82 Å². The Morgan fingerprint density at radius 2 is 2.05 bits per heavy atom. The lowest BCUT2D eigenvalue weighted by Gasteiger charge is -2.46. The lowest BCUT2D eigenvalue weighted by atomic mass is 9.78.